The highest BCUT2D eigenvalue weighted by atomic mass is 16.6. The normalized spacial score (nSPS) is 12.0. The van der Waals surface area contributed by atoms with E-state index in [0.29, 0.717) is 16.9 Å². The summed E-state index contributed by atoms with van der Waals surface area (Å²) in [6.45, 7) is 0. The summed E-state index contributed by atoms with van der Waals surface area (Å²) >= 11 is 0. The van der Waals surface area contributed by atoms with Gasteiger partial charge in [0.1, 0.15) is 0 Å². The molecule has 0 aliphatic carbocycles. The van der Waals surface area contributed by atoms with Gasteiger partial charge in [-0.1, -0.05) is 91.0 Å². The van der Waals surface area contributed by atoms with Gasteiger partial charge in [-0.2, -0.15) is 0 Å². The first-order valence-corrected chi connectivity index (χ1v) is 14.3. The maximum Gasteiger partial charge on any atom is 0.299 e. The fourth-order valence-electron chi connectivity index (χ4n) is 6.09. The molecule has 8 bridgehead atoms. The third kappa shape index (κ3) is 4.26. The van der Waals surface area contributed by atoms with Gasteiger partial charge in [-0.05, 0) is 53.1 Å². The Morgan fingerprint density at radius 2 is 0.841 bits per heavy atom. The molecular weight excluding hydrogens is 546 g/mol. The molecule has 0 amide bonds. The van der Waals surface area contributed by atoms with Crippen LogP contribution in [0, 0.1) is 10.1 Å². The van der Waals surface area contributed by atoms with Gasteiger partial charge < -0.3 is 15.0 Å². The second kappa shape index (κ2) is 10.3. The van der Waals surface area contributed by atoms with Crippen LogP contribution in [0.1, 0.15) is 11.4 Å². The van der Waals surface area contributed by atoms with Crippen molar-refractivity contribution in [3.8, 4) is 33.4 Å². The Bertz CT molecular complexity index is 2350. The summed E-state index contributed by atoms with van der Waals surface area (Å²) < 4.78 is 0. The predicted molar refractivity (Wildman–Crippen MR) is 177 cm³/mol. The number of fused-ring (bicyclic) bond motifs is 9. The SMILES string of the molecule is O=[N+]([O-])C1=Cc2nc1c1ccc([nH]1)c(-c1ccccc1)c1ccc([nH]1)c(-c1ccccc1)c1ccc([nH]1)c2-c1ccccc1. The molecule has 5 heterocycles. The quantitative estimate of drug-likeness (QED) is 0.145. The standard InChI is InChI=1S/C37H25N5O2/c43-42(44)33-22-32-36(25-14-8-3-9-15-25)30-19-18-27(39-30)34(23-10-4-1-5-11-23)26-16-17-28(38-26)35(24-12-6-2-7-13-24)29-20-21-31(40-29)37(33)41-32/h1-22,38-40H. The molecule has 44 heavy (non-hydrogen) atoms. The first kappa shape index (κ1) is 25.5. The lowest BCUT2D eigenvalue weighted by molar-refractivity contribution is -0.374. The lowest BCUT2D eigenvalue weighted by Gasteiger charge is -2.05. The predicted octanol–water partition coefficient (Wildman–Crippen LogP) is 9.30. The number of H-pyrrole nitrogens is 3. The Kier molecular flexibility index (Phi) is 5.94. The molecule has 8 rings (SSSR count). The molecule has 3 aromatic carbocycles. The zero-order valence-electron chi connectivity index (χ0n) is 23.4. The molecule has 210 valence electrons. The van der Waals surface area contributed by atoms with Crippen molar-refractivity contribution in [2.45, 2.75) is 0 Å². The Hall–Kier alpha value is -6.21. The summed E-state index contributed by atoms with van der Waals surface area (Å²) in [6, 6.07) is 42.3. The molecule has 0 saturated carbocycles. The number of benzene rings is 3. The summed E-state index contributed by atoms with van der Waals surface area (Å²) in [5, 5.41) is 12.4. The van der Waals surface area contributed by atoms with E-state index in [-0.39, 0.29) is 10.6 Å². The number of hydrogen-bond donors (Lipinski definition) is 3. The minimum atomic E-state index is -0.363. The van der Waals surface area contributed by atoms with Gasteiger partial charge in [0.2, 0.25) is 0 Å². The van der Waals surface area contributed by atoms with E-state index in [2.05, 4.69) is 57.4 Å². The second-order valence-corrected chi connectivity index (χ2v) is 10.7. The van der Waals surface area contributed by atoms with Crippen LogP contribution in [0.2, 0.25) is 0 Å². The van der Waals surface area contributed by atoms with Crippen LogP contribution >= 0.6 is 0 Å². The number of aromatic nitrogens is 4. The molecule has 4 aromatic heterocycles. The molecule has 1 aliphatic rings. The van der Waals surface area contributed by atoms with Crippen LogP contribution < -0.4 is 0 Å². The first-order valence-electron chi connectivity index (χ1n) is 14.3. The molecule has 7 aromatic rings. The fraction of sp³-hybridized carbons (Fsp3) is 0. The van der Waals surface area contributed by atoms with Crippen LogP contribution in [0.3, 0.4) is 0 Å². The molecule has 0 fully saturated rings. The third-order valence-electron chi connectivity index (χ3n) is 8.05. The van der Waals surface area contributed by atoms with Crippen LogP contribution in [0.25, 0.3) is 78.3 Å². The largest absolute Gasteiger partial charge is 0.354 e. The van der Waals surface area contributed by atoms with Gasteiger partial charge in [0.25, 0.3) is 5.70 Å². The zero-order valence-corrected chi connectivity index (χ0v) is 23.4. The van der Waals surface area contributed by atoms with E-state index in [9.17, 15) is 10.1 Å². The Labute approximate surface area is 251 Å². The van der Waals surface area contributed by atoms with Gasteiger partial charge in [-0.3, -0.25) is 10.1 Å². The number of aromatic amines is 3. The van der Waals surface area contributed by atoms with Crippen LogP contribution in [-0.4, -0.2) is 24.9 Å². The molecular formula is C37H25N5O2. The summed E-state index contributed by atoms with van der Waals surface area (Å²) in [6.07, 6.45) is 1.57. The summed E-state index contributed by atoms with van der Waals surface area (Å²) in [5.74, 6) is 0. The lowest BCUT2D eigenvalue weighted by Crippen LogP contribution is -1.95. The molecule has 7 nitrogen and oxygen atoms in total. The molecule has 0 atom stereocenters. The van der Waals surface area contributed by atoms with Gasteiger partial charge in [0.05, 0.1) is 16.1 Å². The van der Waals surface area contributed by atoms with E-state index in [1.165, 1.54) is 0 Å². The van der Waals surface area contributed by atoms with Crippen molar-refractivity contribution >= 4 is 44.9 Å². The summed E-state index contributed by atoms with van der Waals surface area (Å²) in [7, 11) is 0. The summed E-state index contributed by atoms with van der Waals surface area (Å²) in [5.41, 5.74) is 11.4. The fourth-order valence-corrected chi connectivity index (χ4v) is 6.09. The van der Waals surface area contributed by atoms with Crippen molar-refractivity contribution < 1.29 is 4.92 Å². The monoisotopic (exact) mass is 571 g/mol. The van der Waals surface area contributed by atoms with Gasteiger partial charge in [-0.15, -0.1) is 0 Å². The molecule has 1 aliphatic heterocycles. The van der Waals surface area contributed by atoms with Gasteiger partial charge in [0, 0.05) is 50.3 Å². The average Bonchev–Trinajstić information content (AvgIpc) is 3.88. The zero-order chi connectivity index (χ0) is 29.6. The minimum absolute atomic E-state index is 0.0549. The van der Waals surface area contributed by atoms with Gasteiger partial charge >= 0.3 is 0 Å². The van der Waals surface area contributed by atoms with E-state index in [1.807, 2.05) is 84.9 Å². The number of nitrogens with one attached hydrogen (secondary N) is 3. The van der Waals surface area contributed by atoms with Crippen molar-refractivity contribution in [1.82, 2.24) is 19.9 Å². The van der Waals surface area contributed by atoms with Crippen molar-refractivity contribution in [1.29, 1.82) is 0 Å². The molecule has 3 N–H and O–H groups in total. The topological polar surface area (TPSA) is 103 Å². The molecule has 0 saturated heterocycles. The minimum Gasteiger partial charge on any atom is -0.354 e. The lowest BCUT2D eigenvalue weighted by atomic mass is 10.0. The average molecular weight is 572 g/mol. The van der Waals surface area contributed by atoms with E-state index >= 15 is 0 Å². The van der Waals surface area contributed by atoms with E-state index in [1.54, 1.807) is 6.08 Å². The van der Waals surface area contributed by atoms with Gasteiger partial charge in [-0.25, -0.2) is 4.98 Å². The summed E-state index contributed by atoms with van der Waals surface area (Å²) in [4.78, 5) is 27.8. The second-order valence-electron chi connectivity index (χ2n) is 10.7. The Morgan fingerprint density at radius 1 is 0.477 bits per heavy atom. The first-order chi connectivity index (χ1) is 21.6. The number of hydrogen-bond acceptors (Lipinski definition) is 3. The van der Waals surface area contributed by atoms with Crippen LogP contribution in [0.4, 0.5) is 0 Å². The van der Waals surface area contributed by atoms with E-state index in [4.69, 9.17) is 4.98 Å². The van der Waals surface area contributed by atoms with Crippen LogP contribution in [0.5, 0.6) is 0 Å². The number of nitrogens with zero attached hydrogens (tertiary/aromatic N) is 2. The Balaban J connectivity index is 1.60. The highest BCUT2D eigenvalue weighted by Crippen LogP contribution is 2.37. The Morgan fingerprint density at radius 3 is 1.27 bits per heavy atom. The number of nitro groups is 1. The van der Waals surface area contributed by atoms with E-state index < -0.39 is 0 Å². The highest BCUT2D eigenvalue weighted by Gasteiger charge is 2.26. The van der Waals surface area contributed by atoms with Crippen molar-refractivity contribution in [2.75, 3.05) is 0 Å². The maximum absolute atomic E-state index is 12.4. The van der Waals surface area contributed by atoms with Crippen molar-refractivity contribution in [3.05, 3.63) is 149 Å². The van der Waals surface area contributed by atoms with E-state index in [0.717, 1.165) is 61.0 Å². The van der Waals surface area contributed by atoms with Gasteiger partial charge in [0.15, 0.2) is 5.69 Å². The van der Waals surface area contributed by atoms with Crippen molar-refractivity contribution in [2.24, 2.45) is 0 Å². The maximum atomic E-state index is 12.4. The van der Waals surface area contributed by atoms with Crippen LogP contribution in [0.15, 0.2) is 127 Å². The molecule has 7 heteroatoms. The highest BCUT2D eigenvalue weighted by molar-refractivity contribution is 6.01. The molecule has 0 radical (unpaired) electrons. The number of rotatable bonds is 4. The molecule has 0 unspecified atom stereocenters. The smallest absolute Gasteiger partial charge is 0.299 e. The molecule has 0 spiro atoms. The van der Waals surface area contributed by atoms with Crippen LogP contribution in [-0.2, 0) is 0 Å². The third-order valence-corrected chi connectivity index (χ3v) is 8.05. The van der Waals surface area contributed by atoms with Crippen molar-refractivity contribution in [3.63, 3.8) is 0 Å².